The molecule has 1 saturated heterocycles. The highest BCUT2D eigenvalue weighted by molar-refractivity contribution is 5.77. The number of benzene rings is 1. The largest absolute Gasteiger partial charge is 0.396 e. The fourth-order valence-corrected chi connectivity index (χ4v) is 2.44. The van der Waals surface area contributed by atoms with Gasteiger partial charge in [0.15, 0.2) is 0 Å². The van der Waals surface area contributed by atoms with Crippen LogP contribution in [-0.4, -0.2) is 35.7 Å². The molecule has 2 amide bonds. The molecular formula is C15H22N2O2. The molecule has 2 N–H and O–H groups in total. The van der Waals surface area contributed by atoms with E-state index in [0.29, 0.717) is 19.5 Å². The van der Waals surface area contributed by atoms with E-state index in [2.05, 4.69) is 36.5 Å². The molecule has 4 nitrogen and oxygen atoms in total. The summed E-state index contributed by atoms with van der Waals surface area (Å²) in [6.07, 6.45) is 2.88. The molecule has 1 atom stereocenters. The maximum atomic E-state index is 11.8. The minimum absolute atomic E-state index is 0.0314. The SMILES string of the molecule is CCCc1ccc(C2CN(CCCO)C(=O)N2)cc1. The van der Waals surface area contributed by atoms with Gasteiger partial charge in [-0.2, -0.15) is 0 Å². The molecule has 1 unspecified atom stereocenters. The first-order chi connectivity index (χ1) is 9.24. The normalized spacial score (nSPS) is 18.7. The summed E-state index contributed by atoms with van der Waals surface area (Å²) in [5.41, 5.74) is 2.49. The van der Waals surface area contributed by atoms with Crippen LogP contribution in [0.2, 0.25) is 0 Å². The number of urea groups is 1. The van der Waals surface area contributed by atoms with Crippen molar-refractivity contribution in [3.8, 4) is 0 Å². The lowest BCUT2D eigenvalue weighted by molar-refractivity contribution is 0.209. The van der Waals surface area contributed by atoms with Crippen LogP contribution in [0, 0.1) is 0 Å². The Labute approximate surface area is 114 Å². The van der Waals surface area contributed by atoms with E-state index in [4.69, 9.17) is 5.11 Å². The molecule has 1 aromatic carbocycles. The van der Waals surface area contributed by atoms with Crippen LogP contribution in [0.25, 0.3) is 0 Å². The smallest absolute Gasteiger partial charge is 0.318 e. The lowest BCUT2D eigenvalue weighted by atomic mass is 10.0. The van der Waals surface area contributed by atoms with E-state index in [-0.39, 0.29) is 18.7 Å². The molecule has 19 heavy (non-hydrogen) atoms. The topological polar surface area (TPSA) is 52.6 Å². The molecule has 1 fully saturated rings. The summed E-state index contributed by atoms with van der Waals surface area (Å²) in [4.78, 5) is 13.5. The van der Waals surface area contributed by atoms with Gasteiger partial charge in [0.25, 0.3) is 0 Å². The Bertz CT molecular complexity index is 417. The summed E-state index contributed by atoms with van der Waals surface area (Å²) in [5.74, 6) is 0. The Morgan fingerprint density at radius 2 is 2.11 bits per heavy atom. The summed E-state index contributed by atoms with van der Waals surface area (Å²) in [6, 6.07) is 8.53. The lowest BCUT2D eigenvalue weighted by Gasteiger charge is -2.14. The van der Waals surface area contributed by atoms with Gasteiger partial charge in [-0.1, -0.05) is 37.6 Å². The molecule has 1 aliphatic heterocycles. The first-order valence-electron chi connectivity index (χ1n) is 6.99. The number of nitrogens with one attached hydrogen (secondary N) is 1. The van der Waals surface area contributed by atoms with E-state index >= 15 is 0 Å². The standard InChI is InChI=1S/C15H22N2O2/c1-2-4-12-5-7-13(8-6-12)14-11-17(9-3-10-18)15(19)16-14/h5-8,14,18H,2-4,9-11H2,1H3,(H,16,19). The number of carbonyl (C=O) groups is 1. The quantitative estimate of drug-likeness (QED) is 0.824. The van der Waals surface area contributed by atoms with Gasteiger partial charge in [0.05, 0.1) is 6.04 Å². The number of aliphatic hydroxyl groups is 1. The highest BCUT2D eigenvalue weighted by Crippen LogP contribution is 2.21. The minimum atomic E-state index is -0.0314. The number of hydrogen-bond acceptors (Lipinski definition) is 2. The predicted molar refractivity (Wildman–Crippen MR) is 75.0 cm³/mol. The van der Waals surface area contributed by atoms with Crippen molar-refractivity contribution in [2.45, 2.75) is 32.2 Å². The fraction of sp³-hybridized carbons (Fsp3) is 0.533. The Hall–Kier alpha value is -1.55. The minimum Gasteiger partial charge on any atom is -0.396 e. The summed E-state index contributed by atoms with van der Waals surface area (Å²) in [7, 11) is 0. The van der Waals surface area contributed by atoms with Crippen molar-refractivity contribution in [2.24, 2.45) is 0 Å². The third-order valence-electron chi connectivity index (χ3n) is 3.49. The van der Waals surface area contributed by atoms with Gasteiger partial charge in [0.1, 0.15) is 0 Å². The van der Waals surface area contributed by atoms with Crippen molar-refractivity contribution in [3.05, 3.63) is 35.4 Å². The number of aryl methyl sites for hydroxylation is 1. The van der Waals surface area contributed by atoms with E-state index in [0.717, 1.165) is 18.4 Å². The second-order valence-corrected chi connectivity index (χ2v) is 5.02. The van der Waals surface area contributed by atoms with Gasteiger partial charge >= 0.3 is 6.03 Å². The van der Waals surface area contributed by atoms with Gasteiger partial charge < -0.3 is 15.3 Å². The molecule has 2 rings (SSSR count). The monoisotopic (exact) mass is 262 g/mol. The van der Waals surface area contributed by atoms with Crippen molar-refractivity contribution >= 4 is 6.03 Å². The second-order valence-electron chi connectivity index (χ2n) is 5.02. The third kappa shape index (κ3) is 3.47. The van der Waals surface area contributed by atoms with Gasteiger partial charge in [-0.05, 0) is 24.0 Å². The molecule has 1 aliphatic rings. The molecule has 104 valence electrons. The van der Waals surface area contributed by atoms with Crippen LogP contribution in [0.1, 0.15) is 36.9 Å². The zero-order valence-electron chi connectivity index (χ0n) is 11.4. The maximum Gasteiger partial charge on any atom is 0.318 e. The number of hydrogen-bond donors (Lipinski definition) is 2. The van der Waals surface area contributed by atoms with Crippen molar-refractivity contribution in [3.63, 3.8) is 0 Å². The number of aliphatic hydroxyl groups excluding tert-OH is 1. The summed E-state index contributed by atoms with van der Waals surface area (Å²) < 4.78 is 0. The van der Waals surface area contributed by atoms with Crippen LogP contribution in [-0.2, 0) is 6.42 Å². The summed E-state index contributed by atoms with van der Waals surface area (Å²) in [5, 5.41) is 11.8. The summed E-state index contributed by atoms with van der Waals surface area (Å²) >= 11 is 0. The van der Waals surface area contributed by atoms with Crippen LogP contribution in [0.15, 0.2) is 24.3 Å². The first kappa shape index (κ1) is 13.9. The van der Waals surface area contributed by atoms with E-state index in [1.807, 2.05) is 0 Å². The van der Waals surface area contributed by atoms with Crippen LogP contribution in [0.5, 0.6) is 0 Å². The van der Waals surface area contributed by atoms with Crippen molar-refractivity contribution in [1.29, 1.82) is 0 Å². The van der Waals surface area contributed by atoms with Gasteiger partial charge in [-0.3, -0.25) is 0 Å². The first-order valence-corrected chi connectivity index (χ1v) is 6.99. The summed E-state index contributed by atoms with van der Waals surface area (Å²) in [6.45, 7) is 3.60. The molecule has 0 spiro atoms. The maximum absolute atomic E-state index is 11.8. The Morgan fingerprint density at radius 1 is 1.37 bits per heavy atom. The molecule has 0 aliphatic carbocycles. The van der Waals surface area contributed by atoms with E-state index in [9.17, 15) is 4.79 Å². The predicted octanol–water partition coefficient (Wildman–Crippen LogP) is 2.09. The van der Waals surface area contributed by atoms with Crippen molar-refractivity contribution < 1.29 is 9.90 Å². The molecular weight excluding hydrogens is 240 g/mol. The zero-order valence-corrected chi connectivity index (χ0v) is 11.4. The van der Waals surface area contributed by atoms with Crippen molar-refractivity contribution in [1.82, 2.24) is 10.2 Å². The molecule has 0 saturated carbocycles. The van der Waals surface area contributed by atoms with Gasteiger partial charge in [0.2, 0.25) is 0 Å². The number of rotatable bonds is 6. The number of carbonyl (C=O) groups excluding carboxylic acids is 1. The molecule has 0 aromatic heterocycles. The molecule has 4 heteroatoms. The van der Waals surface area contributed by atoms with Crippen LogP contribution in [0.4, 0.5) is 4.79 Å². The van der Waals surface area contributed by atoms with E-state index in [1.165, 1.54) is 5.56 Å². The van der Waals surface area contributed by atoms with Crippen molar-refractivity contribution in [2.75, 3.05) is 19.7 Å². The highest BCUT2D eigenvalue weighted by atomic mass is 16.3. The van der Waals surface area contributed by atoms with Gasteiger partial charge in [-0.15, -0.1) is 0 Å². The average molecular weight is 262 g/mol. The average Bonchev–Trinajstić information content (AvgIpc) is 2.79. The van der Waals surface area contributed by atoms with E-state index < -0.39 is 0 Å². The molecule has 1 aromatic rings. The number of amides is 2. The molecule has 0 radical (unpaired) electrons. The molecule has 0 bridgehead atoms. The Balaban J connectivity index is 1.97. The van der Waals surface area contributed by atoms with Crippen LogP contribution >= 0.6 is 0 Å². The van der Waals surface area contributed by atoms with Gasteiger partial charge in [-0.25, -0.2) is 4.79 Å². The third-order valence-corrected chi connectivity index (χ3v) is 3.49. The van der Waals surface area contributed by atoms with E-state index in [1.54, 1.807) is 4.90 Å². The highest BCUT2D eigenvalue weighted by Gasteiger charge is 2.28. The Morgan fingerprint density at radius 3 is 2.74 bits per heavy atom. The lowest BCUT2D eigenvalue weighted by Crippen LogP contribution is -2.29. The van der Waals surface area contributed by atoms with Gasteiger partial charge in [0, 0.05) is 19.7 Å². The second kappa shape index (κ2) is 6.57. The molecule has 1 heterocycles. The zero-order chi connectivity index (χ0) is 13.7. The fourth-order valence-electron chi connectivity index (χ4n) is 2.44. The Kier molecular flexibility index (Phi) is 4.80. The van der Waals surface area contributed by atoms with Crippen LogP contribution in [0.3, 0.4) is 0 Å². The number of nitrogens with zero attached hydrogens (tertiary/aromatic N) is 1. The van der Waals surface area contributed by atoms with Crippen LogP contribution < -0.4 is 5.32 Å².